The van der Waals surface area contributed by atoms with Crippen molar-refractivity contribution in [2.24, 2.45) is 17.8 Å². The highest BCUT2D eigenvalue weighted by Crippen LogP contribution is 2.46. The predicted octanol–water partition coefficient (Wildman–Crippen LogP) is 1.32. The molecular weight excluding hydrogens is 244 g/mol. The highest BCUT2D eigenvalue weighted by molar-refractivity contribution is 5.03. The third-order valence-corrected chi connectivity index (χ3v) is 4.95. The molecule has 3 N–H and O–H groups in total. The SMILES string of the molecule is CC(C)C[C@@H](O)[C@H]1O[C@H]2[C@H](CC[C@](C)(O)[C@@H]2O)[C@H]1C. The van der Waals surface area contributed by atoms with Crippen molar-refractivity contribution in [2.45, 2.75) is 77.0 Å². The van der Waals surface area contributed by atoms with Crippen molar-refractivity contribution in [3.63, 3.8) is 0 Å². The maximum absolute atomic E-state index is 10.3. The predicted molar refractivity (Wildman–Crippen MR) is 72.6 cm³/mol. The number of hydrogen-bond donors (Lipinski definition) is 3. The molecule has 4 nitrogen and oxygen atoms in total. The van der Waals surface area contributed by atoms with Gasteiger partial charge < -0.3 is 20.1 Å². The quantitative estimate of drug-likeness (QED) is 0.724. The van der Waals surface area contributed by atoms with E-state index in [2.05, 4.69) is 20.8 Å². The van der Waals surface area contributed by atoms with Gasteiger partial charge in [-0.25, -0.2) is 0 Å². The van der Waals surface area contributed by atoms with Crippen LogP contribution in [0.5, 0.6) is 0 Å². The minimum absolute atomic E-state index is 0.221. The van der Waals surface area contributed by atoms with Gasteiger partial charge >= 0.3 is 0 Å². The summed E-state index contributed by atoms with van der Waals surface area (Å²) in [5, 5.41) is 30.7. The van der Waals surface area contributed by atoms with E-state index in [9.17, 15) is 15.3 Å². The summed E-state index contributed by atoms with van der Waals surface area (Å²) in [5.41, 5.74) is -1.07. The van der Waals surface area contributed by atoms with Crippen molar-refractivity contribution in [2.75, 3.05) is 0 Å². The molecule has 0 spiro atoms. The summed E-state index contributed by atoms with van der Waals surface area (Å²) in [6.45, 7) is 7.91. The van der Waals surface area contributed by atoms with Crippen LogP contribution in [0.4, 0.5) is 0 Å². The highest BCUT2D eigenvalue weighted by Gasteiger charge is 2.54. The smallest absolute Gasteiger partial charge is 0.109 e. The molecule has 0 amide bonds. The Balaban J connectivity index is 2.08. The van der Waals surface area contributed by atoms with Crippen LogP contribution < -0.4 is 0 Å². The lowest BCUT2D eigenvalue weighted by atomic mass is 9.71. The fraction of sp³-hybridized carbons (Fsp3) is 1.00. The Labute approximate surface area is 115 Å². The number of rotatable bonds is 3. The molecule has 2 aliphatic rings. The van der Waals surface area contributed by atoms with Gasteiger partial charge in [0.1, 0.15) is 6.10 Å². The molecule has 0 aromatic carbocycles. The first-order valence-electron chi connectivity index (χ1n) is 7.48. The number of fused-ring (bicyclic) bond motifs is 1. The van der Waals surface area contributed by atoms with Crippen LogP contribution >= 0.6 is 0 Å². The van der Waals surface area contributed by atoms with Gasteiger partial charge in [0.05, 0.1) is 23.9 Å². The van der Waals surface area contributed by atoms with Crippen molar-refractivity contribution in [1.29, 1.82) is 0 Å². The van der Waals surface area contributed by atoms with Crippen molar-refractivity contribution < 1.29 is 20.1 Å². The molecule has 1 saturated carbocycles. The van der Waals surface area contributed by atoms with Crippen molar-refractivity contribution in [3.8, 4) is 0 Å². The summed E-state index contributed by atoms with van der Waals surface area (Å²) < 4.78 is 5.93. The van der Waals surface area contributed by atoms with Crippen LogP contribution in [0.1, 0.15) is 47.0 Å². The van der Waals surface area contributed by atoms with E-state index < -0.39 is 17.8 Å². The van der Waals surface area contributed by atoms with E-state index in [1.807, 2.05) is 0 Å². The van der Waals surface area contributed by atoms with Crippen LogP contribution in [0.25, 0.3) is 0 Å². The van der Waals surface area contributed by atoms with E-state index in [-0.39, 0.29) is 24.0 Å². The Hall–Kier alpha value is -0.160. The van der Waals surface area contributed by atoms with E-state index >= 15 is 0 Å². The summed E-state index contributed by atoms with van der Waals surface area (Å²) in [7, 11) is 0. The molecule has 2 rings (SSSR count). The van der Waals surface area contributed by atoms with Crippen LogP contribution in [0.3, 0.4) is 0 Å². The van der Waals surface area contributed by atoms with E-state index in [1.165, 1.54) is 0 Å². The van der Waals surface area contributed by atoms with Crippen LogP contribution in [0.15, 0.2) is 0 Å². The topological polar surface area (TPSA) is 69.9 Å². The van der Waals surface area contributed by atoms with Crippen LogP contribution in [0, 0.1) is 17.8 Å². The zero-order valence-electron chi connectivity index (χ0n) is 12.4. The first-order valence-corrected chi connectivity index (χ1v) is 7.48. The fourth-order valence-electron chi connectivity index (χ4n) is 3.70. The van der Waals surface area contributed by atoms with Gasteiger partial charge in [0, 0.05) is 0 Å². The molecule has 2 fully saturated rings. The van der Waals surface area contributed by atoms with Gasteiger partial charge in [-0.2, -0.15) is 0 Å². The summed E-state index contributed by atoms with van der Waals surface area (Å²) in [4.78, 5) is 0. The Morgan fingerprint density at radius 1 is 1.37 bits per heavy atom. The fourth-order valence-corrected chi connectivity index (χ4v) is 3.70. The van der Waals surface area contributed by atoms with Crippen LogP contribution in [0.2, 0.25) is 0 Å². The Kier molecular flexibility index (Phi) is 4.26. The van der Waals surface area contributed by atoms with Gasteiger partial charge in [-0.1, -0.05) is 20.8 Å². The second-order valence-electron chi connectivity index (χ2n) is 7.13. The molecule has 0 unspecified atom stereocenters. The Bertz CT molecular complexity index is 315. The standard InChI is InChI=1S/C15H28O4/c1-8(2)7-11(16)12-9(3)10-5-6-15(4,18)14(17)13(10)19-12/h8-14,16-18H,5-7H2,1-4H3/t9-,10-,11-,12+,13+,14-,15+/m1/s1. The second-order valence-corrected chi connectivity index (χ2v) is 7.13. The molecule has 4 heteroatoms. The summed E-state index contributed by atoms with van der Waals surface area (Å²) in [5.74, 6) is 0.882. The largest absolute Gasteiger partial charge is 0.390 e. The van der Waals surface area contributed by atoms with Gasteiger partial charge in [0.15, 0.2) is 0 Å². The van der Waals surface area contributed by atoms with Crippen LogP contribution in [-0.2, 0) is 4.74 Å². The molecule has 19 heavy (non-hydrogen) atoms. The van der Waals surface area contributed by atoms with E-state index in [0.29, 0.717) is 18.8 Å². The molecule has 0 radical (unpaired) electrons. The number of aliphatic hydroxyl groups is 3. The number of aliphatic hydroxyl groups excluding tert-OH is 2. The Morgan fingerprint density at radius 2 is 2.00 bits per heavy atom. The first-order chi connectivity index (χ1) is 8.74. The highest BCUT2D eigenvalue weighted by atomic mass is 16.5. The minimum atomic E-state index is -1.07. The lowest BCUT2D eigenvalue weighted by Crippen LogP contribution is -2.53. The normalized spacial score (nSPS) is 48.3. The third kappa shape index (κ3) is 2.82. The van der Waals surface area contributed by atoms with Gasteiger partial charge in [0.2, 0.25) is 0 Å². The average molecular weight is 272 g/mol. The van der Waals surface area contributed by atoms with Gasteiger partial charge in [-0.05, 0) is 43.9 Å². The first kappa shape index (κ1) is 15.2. The molecular formula is C15H28O4. The maximum atomic E-state index is 10.3. The van der Waals surface area contributed by atoms with Crippen molar-refractivity contribution in [3.05, 3.63) is 0 Å². The summed E-state index contributed by atoms with van der Waals surface area (Å²) in [6, 6.07) is 0. The zero-order valence-corrected chi connectivity index (χ0v) is 12.4. The molecule has 112 valence electrons. The van der Waals surface area contributed by atoms with Gasteiger partial charge in [0.25, 0.3) is 0 Å². The van der Waals surface area contributed by atoms with Gasteiger partial charge in [-0.3, -0.25) is 0 Å². The number of ether oxygens (including phenoxy) is 1. The molecule has 1 aliphatic carbocycles. The monoisotopic (exact) mass is 272 g/mol. The molecule has 1 heterocycles. The summed E-state index contributed by atoms with van der Waals surface area (Å²) >= 11 is 0. The zero-order chi connectivity index (χ0) is 14.4. The lowest BCUT2D eigenvalue weighted by Gasteiger charge is -2.41. The molecule has 0 aromatic rings. The van der Waals surface area contributed by atoms with Crippen molar-refractivity contribution >= 4 is 0 Å². The summed E-state index contributed by atoms with van der Waals surface area (Å²) in [6.07, 6.45) is 0.242. The Morgan fingerprint density at radius 3 is 2.58 bits per heavy atom. The average Bonchev–Trinajstić information content (AvgIpc) is 2.61. The van der Waals surface area contributed by atoms with Crippen molar-refractivity contribution in [1.82, 2.24) is 0 Å². The molecule has 1 aliphatic heterocycles. The molecule has 1 saturated heterocycles. The third-order valence-electron chi connectivity index (χ3n) is 4.95. The van der Waals surface area contributed by atoms with E-state index in [0.717, 1.165) is 6.42 Å². The second kappa shape index (κ2) is 5.32. The lowest BCUT2D eigenvalue weighted by molar-refractivity contribution is -0.169. The minimum Gasteiger partial charge on any atom is -0.390 e. The molecule has 7 atom stereocenters. The number of hydrogen-bond acceptors (Lipinski definition) is 4. The van der Waals surface area contributed by atoms with E-state index in [1.54, 1.807) is 6.92 Å². The van der Waals surface area contributed by atoms with Gasteiger partial charge in [-0.15, -0.1) is 0 Å². The molecule has 0 bridgehead atoms. The van der Waals surface area contributed by atoms with E-state index in [4.69, 9.17) is 4.74 Å². The van der Waals surface area contributed by atoms with Crippen LogP contribution in [-0.4, -0.2) is 45.3 Å². The maximum Gasteiger partial charge on any atom is 0.109 e. The molecule has 0 aromatic heterocycles.